The molecule has 0 aliphatic carbocycles. The number of benzene rings is 2. The predicted molar refractivity (Wildman–Crippen MR) is 123 cm³/mol. The summed E-state index contributed by atoms with van der Waals surface area (Å²) in [6.07, 6.45) is 1.68. The summed E-state index contributed by atoms with van der Waals surface area (Å²) in [5.74, 6) is -0.0512. The number of nitrogens with zero attached hydrogens (tertiary/aromatic N) is 1. The number of thiocarbonyl (C=S) groups is 1. The number of aromatic carboxylic acids is 1. The van der Waals surface area contributed by atoms with Gasteiger partial charge in [0.05, 0.1) is 16.2 Å². The summed E-state index contributed by atoms with van der Waals surface area (Å²) in [4.78, 5) is 26.0. The normalized spacial score (nSPS) is 15.3. The Bertz CT molecular complexity index is 1210. The van der Waals surface area contributed by atoms with Crippen LogP contribution in [0.5, 0.6) is 0 Å². The molecule has 1 aliphatic rings. The van der Waals surface area contributed by atoms with Crippen molar-refractivity contribution in [2.24, 2.45) is 0 Å². The molecule has 0 atom stereocenters. The number of thioether (sulfide) groups is 1. The van der Waals surface area contributed by atoms with Gasteiger partial charge >= 0.3 is 5.97 Å². The first-order chi connectivity index (χ1) is 14.3. The quantitative estimate of drug-likeness (QED) is 0.421. The lowest BCUT2D eigenvalue weighted by atomic mass is 10.1. The molecule has 30 heavy (non-hydrogen) atoms. The minimum absolute atomic E-state index is 0.180. The van der Waals surface area contributed by atoms with Gasteiger partial charge in [-0.1, -0.05) is 53.8 Å². The topological polar surface area (TPSA) is 70.8 Å². The van der Waals surface area contributed by atoms with Crippen molar-refractivity contribution >= 4 is 51.9 Å². The first-order valence-electron chi connectivity index (χ1n) is 9.12. The zero-order valence-electron chi connectivity index (χ0n) is 16.2. The molecule has 3 aromatic rings. The van der Waals surface area contributed by atoms with E-state index < -0.39 is 5.97 Å². The number of furan rings is 1. The molecule has 4 rings (SSSR count). The fraction of sp³-hybridized carbons (Fsp3) is 0.0870. The minimum Gasteiger partial charge on any atom is -0.478 e. The summed E-state index contributed by atoms with van der Waals surface area (Å²) in [5, 5.41) is 9.01. The molecule has 1 aliphatic heterocycles. The SMILES string of the molecule is Cc1ccc(N2C(=O)/C(=C/c3ccc(-c4ccc(C(=O)O)cc4)o3)SC2=S)c(C)c1. The second-order valence-electron chi connectivity index (χ2n) is 6.89. The van der Waals surface area contributed by atoms with Crippen molar-refractivity contribution in [3.8, 4) is 11.3 Å². The van der Waals surface area contributed by atoms with Gasteiger partial charge < -0.3 is 9.52 Å². The van der Waals surface area contributed by atoms with Crippen LogP contribution in [-0.4, -0.2) is 21.3 Å². The Labute approximate surface area is 183 Å². The Hall–Kier alpha value is -3.16. The summed E-state index contributed by atoms with van der Waals surface area (Å²) in [6, 6.07) is 15.9. The smallest absolute Gasteiger partial charge is 0.335 e. The van der Waals surface area contributed by atoms with Crippen LogP contribution in [-0.2, 0) is 4.79 Å². The van der Waals surface area contributed by atoms with Crippen LogP contribution in [0.2, 0.25) is 0 Å². The number of carboxylic acid groups (broad SMARTS) is 1. The van der Waals surface area contributed by atoms with Crippen molar-refractivity contribution in [2.75, 3.05) is 4.90 Å². The molecule has 0 radical (unpaired) electrons. The molecule has 1 aromatic heterocycles. The number of aryl methyl sites for hydroxylation is 2. The molecule has 1 N–H and O–H groups in total. The van der Waals surface area contributed by atoms with E-state index in [-0.39, 0.29) is 11.5 Å². The van der Waals surface area contributed by atoms with E-state index in [2.05, 4.69) is 0 Å². The van der Waals surface area contributed by atoms with Crippen LogP contribution in [0.1, 0.15) is 27.2 Å². The van der Waals surface area contributed by atoms with Crippen LogP contribution in [0.15, 0.2) is 63.9 Å². The van der Waals surface area contributed by atoms with Gasteiger partial charge in [-0.2, -0.15) is 0 Å². The van der Waals surface area contributed by atoms with Gasteiger partial charge in [-0.15, -0.1) is 0 Å². The molecule has 1 fully saturated rings. The highest BCUT2D eigenvalue weighted by molar-refractivity contribution is 8.27. The largest absolute Gasteiger partial charge is 0.478 e. The summed E-state index contributed by atoms with van der Waals surface area (Å²) >= 11 is 6.69. The van der Waals surface area contributed by atoms with Gasteiger partial charge in [0.1, 0.15) is 11.5 Å². The van der Waals surface area contributed by atoms with Crippen LogP contribution < -0.4 is 4.90 Å². The first kappa shape index (κ1) is 20.1. The van der Waals surface area contributed by atoms with Crippen LogP contribution in [0, 0.1) is 13.8 Å². The minimum atomic E-state index is -0.979. The molecular formula is C23H17NO4S2. The summed E-state index contributed by atoms with van der Waals surface area (Å²) in [7, 11) is 0. The molecule has 0 bridgehead atoms. The van der Waals surface area contributed by atoms with E-state index in [1.807, 2.05) is 32.0 Å². The lowest BCUT2D eigenvalue weighted by Gasteiger charge is -2.17. The van der Waals surface area contributed by atoms with Crippen LogP contribution in [0.3, 0.4) is 0 Å². The number of hydrogen-bond acceptors (Lipinski definition) is 5. The maximum atomic E-state index is 13.0. The fourth-order valence-corrected chi connectivity index (χ4v) is 4.49. The van der Waals surface area contributed by atoms with E-state index in [0.717, 1.165) is 22.4 Å². The van der Waals surface area contributed by atoms with Gasteiger partial charge in [0.2, 0.25) is 0 Å². The summed E-state index contributed by atoms with van der Waals surface area (Å²) in [5.41, 5.74) is 3.85. The Balaban J connectivity index is 1.59. The maximum Gasteiger partial charge on any atom is 0.335 e. The van der Waals surface area contributed by atoms with Gasteiger partial charge in [0.15, 0.2) is 4.32 Å². The van der Waals surface area contributed by atoms with Gasteiger partial charge in [0.25, 0.3) is 5.91 Å². The van der Waals surface area contributed by atoms with Crippen molar-refractivity contribution in [3.05, 3.63) is 82.0 Å². The third kappa shape index (κ3) is 3.81. The van der Waals surface area contributed by atoms with Gasteiger partial charge in [-0.3, -0.25) is 9.69 Å². The van der Waals surface area contributed by atoms with Crippen LogP contribution in [0.4, 0.5) is 5.69 Å². The maximum absolute atomic E-state index is 13.0. The van der Waals surface area contributed by atoms with Gasteiger partial charge in [-0.25, -0.2) is 4.79 Å². The molecule has 2 aromatic carbocycles. The number of amides is 1. The second kappa shape index (κ2) is 7.93. The van der Waals surface area contributed by atoms with Crippen molar-refractivity contribution in [1.29, 1.82) is 0 Å². The van der Waals surface area contributed by atoms with Crippen molar-refractivity contribution in [2.45, 2.75) is 13.8 Å². The lowest BCUT2D eigenvalue weighted by molar-refractivity contribution is -0.113. The monoisotopic (exact) mass is 435 g/mol. The fourth-order valence-electron chi connectivity index (χ4n) is 3.22. The Morgan fingerprint density at radius 3 is 2.50 bits per heavy atom. The number of carboxylic acids is 1. The van der Waals surface area contributed by atoms with E-state index in [9.17, 15) is 9.59 Å². The average Bonchev–Trinajstić information content (AvgIpc) is 3.28. The van der Waals surface area contributed by atoms with Crippen molar-refractivity contribution < 1.29 is 19.1 Å². The van der Waals surface area contributed by atoms with E-state index in [1.165, 1.54) is 23.9 Å². The van der Waals surface area contributed by atoms with E-state index in [4.69, 9.17) is 21.7 Å². The number of rotatable bonds is 4. The molecule has 1 saturated heterocycles. The number of hydrogen-bond donors (Lipinski definition) is 1. The highest BCUT2D eigenvalue weighted by Crippen LogP contribution is 2.38. The molecule has 0 spiro atoms. The first-order valence-corrected chi connectivity index (χ1v) is 10.3. The Morgan fingerprint density at radius 2 is 1.83 bits per heavy atom. The van der Waals surface area contributed by atoms with Crippen LogP contribution in [0.25, 0.3) is 17.4 Å². The predicted octanol–water partition coefficient (Wildman–Crippen LogP) is 5.67. The molecule has 7 heteroatoms. The zero-order valence-corrected chi connectivity index (χ0v) is 17.8. The van der Waals surface area contributed by atoms with E-state index in [0.29, 0.717) is 20.7 Å². The average molecular weight is 436 g/mol. The molecular weight excluding hydrogens is 418 g/mol. The molecule has 2 heterocycles. The van der Waals surface area contributed by atoms with E-state index >= 15 is 0 Å². The zero-order chi connectivity index (χ0) is 21.4. The van der Waals surface area contributed by atoms with Crippen molar-refractivity contribution in [1.82, 2.24) is 0 Å². The molecule has 150 valence electrons. The third-order valence-electron chi connectivity index (χ3n) is 4.70. The Kier molecular flexibility index (Phi) is 5.32. The van der Waals surface area contributed by atoms with Crippen LogP contribution >= 0.6 is 24.0 Å². The number of carbonyl (C=O) groups is 2. The molecule has 1 amide bonds. The van der Waals surface area contributed by atoms with Gasteiger partial charge in [-0.05, 0) is 49.7 Å². The number of carbonyl (C=O) groups excluding carboxylic acids is 1. The van der Waals surface area contributed by atoms with Gasteiger partial charge in [0, 0.05) is 11.6 Å². The van der Waals surface area contributed by atoms with Crippen molar-refractivity contribution in [3.63, 3.8) is 0 Å². The highest BCUT2D eigenvalue weighted by Gasteiger charge is 2.34. The summed E-state index contributed by atoms with van der Waals surface area (Å²) < 4.78 is 6.33. The molecule has 5 nitrogen and oxygen atoms in total. The lowest BCUT2D eigenvalue weighted by Crippen LogP contribution is -2.28. The standard InChI is InChI=1S/C23H17NO4S2/c1-13-3-9-18(14(2)11-13)24-21(25)20(30-23(24)29)12-17-8-10-19(28-17)15-4-6-16(7-5-15)22(26)27/h3-12H,1-2H3,(H,26,27)/b20-12-. The molecule has 0 saturated carbocycles. The summed E-state index contributed by atoms with van der Waals surface area (Å²) in [6.45, 7) is 3.96. The number of anilines is 1. The second-order valence-corrected chi connectivity index (χ2v) is 8.57. The highest BCUT2D eigenvalue weighted by atomic mass is 32.2. The molecule has 0 unspecified atom stereocenters. The Morgan fingerprint density at radius 1 is 1.10 bits per heavy atom. The third-order valence-corrected chi connectivity index (χ3v) is 6.01. The van der Waals surface area contributed by atoms with E-state index in [1.54, 1.807) is 35.2 Å².